The Morgan fingerprint density at radius 2 is 2.42 bits per heavy atom. The van der Waals surface area contributed by atoms with Crippen LogP contribution in [0, 0.1) is 0 Å². The monoisotopic (exact) mass is 230 g/mol. The number of pyridine rings is 1. The number of aromatic nitrogens is 1. The predicted octanol–water partition coefficient (Wildman–Crippen LogP) is 1.23. The largest absolute Gasteiger partial charge is 0.396 e. The molecule has 0 aliphatic rings. The molecule has 0 saturated heterocycles. The van der Waals surface area contributed by atoms with E-state index in [1.54, 1.807) is 6.20 Å². The van der Waals surface area contributed by atoms with Crippen molar-refractivity contribution in [3.8, 4) is 0 Å². The van der Waals surface area contributed by atoms with Gasteiger partial charge in [-0.25, -0.2) is 4.98 Å². The Balaban J connectivity index is 2.79. The van der Waals surface area contributed by atoms with E-state index in [-0.39, 0.29) is 12.6 Å². The Kier molecular flexibility index (Phi) is 3.65. The molecule has 0 aliphatic carbocycles. The normalized spacial score (nSPS) is 12.9. The van der Waals surface area contributed by atoms with Crippen molar-refractivity contribution in [3.63, 3.8) is 0 Å². The van der Waals surface area contributed by atoms with Gasteiger partial charge in [0.2, 0.25) is 0 Å². The lowest BCUT2D eigenvalue weighted by molar-refractivity contribution is 0.276. The molecule has 0 bridgehead atoms. The molecule has 12 heavy (non-hydrogen) atoms. The Morgan fingerprint density at radius 3 is 3.00 bits per heavy atom. The van der Waals surface area contributed by atoms with Crippen LogP contribution in [0.2, 0.25) is 0 Å². The third-order valence-electron chi connectivity index (χ3n) is 1.63. The van der Waals surface area contributed by atoms with E-state index >= 15 is 0 Å². The van der Waals surface area contributed by atoms with Crippen LogP contribution in [0.15, 0.2) is 22.9 Å². The van der Waals surface area contributed by atoms with Crippen LogP contribution in [0.25, 0.3) is 0 Å². The Hall–Kier alpha value is -0.450. The van der Waals surface area contributed by atoms with Crippen molar-refractivity contribution in [1.29, 1.82) is 0 Å². The molecule has 0 amide bonds. The van der Waals surface area contributed by atoms with Crippen molar-refractivity contribution in [1.82, 2.24) is 4.98 Å². The van der Waals surface area contributed by atoms with Crippen LogP contribution < -0.4 is 5.73 Å². The fourth-order valence-corrected chi connectivity index (χ4v) is 1.51. The fourth-order valence-electron chi connectivity index (χ4n) is 0.970. The molecule has 1 unspecified atom stereocenters. The van der Waals surface area contributed by atoms with Crippen LogP contribution >= 0.6 is 15.9 Å². The smallest absolute Gasteiger partial charge is 0.110 e. The summed E-state index contributed by atoms with van der Waals surface area (Å²) in [6.07, 6.45) is 2.25. The summed E-state index contributed by atoms with van der Waals surface area (Å²) in [5.41, 5.74) is 6.71. The lowest BCUT2D eigenvalue weighted by atomic mass is 10.1. The number of nitrogens with two attached hydrogens (primary N) is 1. The highest BCUT2D eigenvalue weighted by Crippen LogP contribution is 2.20. The molecular formula is C8H11BrN2O. The molecule has 1 rings (SSSR count). The quantitative estimate of drug-likeness (QED) is 0.769. The van der Waals surface area contributed by atoms with Gasteiger partial charge in [-0.2, -0.15) is 0 Å². The molecule has 1 aromatic rings. The van der Waals surface area contributed by atoms with Crippen molar-refractivity contribution in [3.05, 3.63) is 28.5 Å². The van der Waals surface area contributed by atoms with Gasteiger partial charge in [0.25, 0.3) is 0 Å². The molecule has 1 aromatic heterocycles. The Labute approximate surface area is 79.7 Å². The average Bonchev–Trinajstić information content (AvgIpc) is 2.05. The topological polar surface area (TPSA) is 59.1 Å². The summed E-state index contributed by atoms with van der Waals surface area (Å²) in [6, 6.07) is 3.59. The second kappa shape index (κ2) is 4.54. The second-order valence-corrected chi connectivity index (χ2v) is 3.25. The van der Waals surface area contributed by atoms with Gasteiger partial charge in [0.15, 0.2) is 0 Å². The summed E-state index contributed by atoms with van der Waals surface area (Å²) in [5, 5.41) is 8.67. The zero-order valence-corrected chi connectivity index (χ0v) is 8.16. The molecule has 1 atom stereocenters. The van der Waals surface area contributed by atoms with Crippen LogP contribution in [0.3, 0.4) is 0 Å². The summed E-state index contributed by atoms with van der Waals surface area (Å²) < 4.78 is 0.756. The first-order valence-electron chi connectivity index (χ1n) is 3.72. The van der Waals surface area contributed by atoms with E-state index in [1.807, 2.05) is 12.1 Å². The molecule has 0 spiro atoms. The standard InChI is InChI=1S/C8H11BrN2O/c9-8-6(2-1-4-11-8)7(10)3-5-12/h1-2,4,7,12H,3,5,10H2. The van der Waals surface area contributed by atoms with Gasteiger partial charge in [0, 0.05) is 24.4 Å². The molecular weight excluding hydrogens is 220 g/mol. The summed E-state index contributed by atoms with van der Waals surface area (Å²) in [7, 11) is 0. The van der Waals surface area contributed by atoms with E-state index < -0.39 is 0 Å². The van der Waals surface area contributed by atoms with E-state index in [4.69, 9.17) is 10.8 Å². The van der Waals surface area contributed by atoms with Crippen molar-refractivity contribution >= 4 is 15.9 Å². The van der Waals surface area contributed by atoms with E-state index in [0.29, 0.717) is 6.42 Å². The zero-order valence-electron chi connectivity index (χ0n) is 6.57. The van der Waals surface area contributed by atoms with Gasteiger partial charge in [-0.15, -0.1) is 0 Å². The van der Waals surface area contributed by atoms with Crippen LogP contribution in [-0.2, 0) is 0 Å². The Bertz CT molecular complexity index is 255. The lowest BCUT2D eigenvalue weighted by Gasteiger charge is -2.10. The number of hydrogen-bond acceptors (Lipinski definition) is 3. The van der Waals surface area contributed by atoms with Gasteiger partial charge >= 0.3 is 0 Å². The third kappa shape index (κ3) is 2.27. The number of rotatable bonds is 3. The first-order chi connectivity index (χ1) is 5.75. The van der Waals surface area contributed by atoms with E-state index in [9.17, 15) is 0 Å². The van der Waals surface area contributed by atoms with Gasteiger partial charge in [-0.3, -0.25) is 0 Å². The zero-order chi connectivity index (χ0) is 8.97. The highest BCUT2D eigenvalue weighted by molar-refractivity contribution is 9.10. The van der Waals surface area contributed by atoms with Crippen molar-refractivity contribution in [2.75, 3.05) is 6.61 Å². The van der Waals surface area contributed by atoms with Gasteiger partial charge < -0.3 is 10.8 Å². The Morgan fingerprint density at radius 1 is 1.67 bits per heavy atom. The number of hydrogen-bond donors (Lipinski definition) is 2. The molecule has 1 heterocycles. The highest BCUT2D eigenvalue weighted by Gasteiger charge is 2.08. The van der Waals surface area contributed by atoms with Gasteiger partial charge in [-0.05, 0) is 28.4 Å². The van der Waals surface area contributed by atoms with Crippen LogP contribution in [-0.4, -0.2) is 16.7 Å². The molecule has 0 aromatic carbocycles. The maximum Gasteiger partial charge on any atom is 0.110 e. The fraction of sp³-hybridized carbons (Fsp3) is 0.375. The number of halogens is 1. The van der Waals surface area contributed by atoms with Gasteiger partial charge in [0.1, 0.15) is 4.60 Å². The number of aliphatic hydroxyl groups excluding tert-OH is 1. The summed E-state index contributed by atoms with van der Waals surface area (Å²) in [6.45, 7) is 0.0997. The highest BCUT2D eigenvalue weighted by atomic mass is 79.9. The number of nitrogens with zero attached hydrogens (tertiary/aromatic N) is 1. The first kappa shape index (κ1) is 9.64. The van der Waals surface area contributed by atoms with Crippen molar-refractivity contribution in [2.45, 2.75) is 12.5 Å². The number of aliphatic hydroxyl groups is 1. The minimum Gasteiger partial charge on any atom is -0.396 e. The maximum atomic E-state index is 8.67. The SMILES string of the molecule is NC(CCO)c1cccnc1Br. The predicted molar refractivity (Wildman–Crippen MR) is 50.6 cm³/mol. The summed E-state index contributed by atoms with van der Waals surface area (Å²) in [4.78, 5) is 4.04. The molecule has 3 nitrogen and oxygen atoms in total. The maximum absolute atomic E-state index is 8.67. The molecule has 3 N–H and O–H groups in total. The van der Waals surface area contributed by atoms with E-state index in [1.165, 1.54) is 0 Å². The van der Waals surface area contributed by atoms with Crippen molar-refractivity contribution in [2.24, 2.45) is 5.73 Å². The van der Waals surface area contributed by atoms with Crippen molar-refractivity contribution < 1.29 is 5.11 Å². The van der Waals surface area contributed by atoms with E-state index in [0.717, 1.165) is 10.2 Å². The summed E-state index contributed by atoms with van der Waals surface area (Å²) in [5.74, 6) is 0. The van der Waals surface area contributed by atoms with Crippen LogP contribution in [0.1, 0.15) is 18.0 Å². The average molecular weight is 231 g/mol. The minimum atomic E-state index is -0.141. The first-order valence-corrected chi connectivity index (χ1v) is 4.52. The third-order valence-corrected chi connectivity index (χ3v) is 2.29. The molecule has 0 radical (unpaired) electrons. The molecule has 4 heteroatoms. The van der Waals surface area contributed by atoms with Gasteiger partial charge in [-0.1, -0.05) is 6.07 Å². The molecule has 0 aliphatic heterocycles. The van der Waals surface area contributed by atoms with Crippen LogP contribution in [0.5, 0.6) is 0 Å². The molecule has 0 fully saturated rings. The molecule has 0 saturated carbocycles. The lowest BCUT2D eigenvalue weighted by Crippen LogP contribution is -2.12. The molecule has 66 valence electrons. The van der Waals surface area contributed by atoms with Crippen LogP contribution in [0.4, 0.5) is 0 Å². The van der Waals surface area contributed by atoms with E-state index in [2.05, 4.69) is 20.9 Å². The summed E-state index contributed by atoms with van der Waals surface area (Å²) >= 11 is 3.29. The second-order valence-electron chi connectivity index (χ2n) is 2.50. The minimum absolute atomic E-state index is 0.0997. The van der Waals surface area contributed by atoms with Gasteiger partial charge in [0.05, 0.1) is 0 Å².